The number of hydrogen-bond donors (Lipinski definition) is 1. The monoisotopic (exact) mass is 241 g/mol. The predicted octanol–water partition coefficient (Wildman–Crippen LogP) is 2.26. The maximum Gasteiger partial charge on any atom is 0.129 e. The first-order valence-electron chi connectivity index (χ1n) is 5.84. The maximum atomic E-state index is 13.5. The first-order chi connectivity index (χ1) is 8.11. The van der Waals surface area contributed by atoms with Crippen molar-refractivity contribution < 1.29 is 13.5 Å². The van der Waals surface area contributed by atoms with Gasteiger partial charge < -0.3 is 10.5 Å². The minimum atomic E-state index is -0.565. The van der Waals surface area contributed by atoms with Crippen molar-refractivity contribution in [1.29, 1.82) is 0 Å². The van der Waals surface area contributed by atoms with Crippen LogP contribution in [-0.2, 0) is 11.2 Å². The first-order valence-corrected chi connectivity index (χ1v) is 5.84. The van der Waals surface area contributed by atoms with Crippen LogP contribution in [0, 0.1) is 17.6 Å². The van der Waals surface area contributed by atoms with Gasteiger partial charge in [0.1, 0.15) is 11.6 Å². The number of rotatable bonds is 5. The Morgan fingerprint density at radius 2 is 2.12 bits per heavy atom. The highest BCUT2D eigenvalue weighted by molar-refractivity contribution is 5.20. The summed E-state index contributed by atoms with van der Waals surface area (Å²) >= 11 is 0. The van der Waals surface area contributed by atoms with Gasteiger partial charge in [0.05, 0.1) is 6.10 Å². The molecule has 4 heteroatoms. The lowest BCUT2D eigenvalue weighted by atomic mass is 9.98. The lowest BCUT2D eigenvalue weighted by Crippen LogP contribution is -2.39. The summed E-state index contributed by atoms with van der Waals surface area (Å²) in [6, 6.07) is 3.35. The van der Waals surface area contributed by atoms with E-state index in [0.29, 0.717) is 17.9 Å². The Bertz CT molecular complexity index is 393. The van der Waals surface area contributed by atoms with Gasteiger partial charge in [0.2, 0.25) is 0 Å². The molecule has 0 radical (unpaired) electrons. The van der Waals surface area contributed by atoms with Crippen LogP contribution in [0.2, 0.25) is 0 Å². The summed E-state index contributed by atoms with van der Waals surface area (Å²) in [5, 5.41) is 0. The maximum absolute atomic E-state index is 13.5. The molecule has 2 unspecified atom stereocenters. The molecule has 1 aromatic rings. The Labute approximate surface area is 99.8 Å². The molecule has 0 heterocycles. The van der Waals surface area contributed by atoms with E-state index < -0.39 is 11.6 Å². The number of hydrogen-bond acceptors (Lipinski definition) is 2. The molecule has 2 atom stereocenters. The van der Waals surface area contributed by atoms with Crippen LogP contribution < -0.4 is 5.73 Å². The van der Waals surface area contributed by atoms with Crippen LogP contribution in [0.5, 0.6) is 0 Å². The van der Waals surface area contributed by atoms with E-state index >= 15 is 0 Å². The van der Waals surface area contributed by atoms with Gasteiger partial charge in [-0.3, -0.25) is 0 Å². The average Bonchev–Trinajstić information content (AvgIpc) is 3.08. The normalized spacial score (nSPS) is 19.1. The fourth-order valence-corrected chi connectivity index (χ4v) is 2.20. The van der Waals surface area contributed by atoms with Crippen LogP contribution in [0.4, 0.5) is 8.78 Å². The number of halogens is 2. The molecular formula is C13H17F2NO. The van der Waals surface area contributed by atoms with E-state index in [1.54, 1.807) is 7.11 Å². The van der Waals surface area contributed by atoms with Crippen LogP contribution in [0.25, 0.3) is 0 Å². The second kappa shape index (κ2) is 5.10. The van der Waals surface area contributed by atoms with Crippen molar-refractivity contribution in [2.75, 3.05) is 7.11 Å². The molecule has 1 fully saturated rings. The van der Waals surface area contributed by atoms with Gasteiger partial charge in [-0.15, -0.1) is 0 Å². The molecule has 1 saturated carbocycles. The molecule has 1 aliphatic carbocycles. The summed E-state index contributed by atoms with van der Waals surface area (Å²) < 4.78 is 31.6. The smallest absolute Gasteiger partial charge is 0.129 e. The van der Waals surface area contributed by atoms with Gasteiger partial charge in [-0.2, -0.15) is 0 Å². The van der Waals surface area contributed by atoms with E-state index in [2.05, 4.69) is 0 Å². The van der Waals surface area contributed by atoms with E-state index in [0.717, 1.165) is 18.9 Å². The van der Waals surface area contributed by atoms with Gasteiger partial charge in [0.15, 0.2) is 0 Å². The van der Waals surface area contributed by atoms with E-state index in [1.807, 2.05) is 0 Å². The summed E-state index contributed by atoms with van der Waals surface area (Å²) in [5.41, 5.74) is 6.47. The van der Waals surface area contributed by atoms with E-state index in [-0.39, 0.29) is 12.1 Å². The third-order valence-electron chi connectivity index (χ3n) is 3.25. The Morgan fingerprint density at radius 1 is 1.41 bits per heavy atom. The van der Waals surface area contributed by atoms with Crippen molar-refractivity contribution in [3.8, 4) is 0 Å². The Morgan fingerprint density at radius 3 is 2.65 bits per heavy atom. The summed E-state index contributed by atoms with van der Waals surface area (Å²) in [4.78, 5) is 0. The van der Waals surface area contributed by atoms with Crippen LogP contribution in [0.1, 0.15) is 18.4 Å². The highest BCUT2D eigenvalue weighted by atomic mass is 19.1. The van der Waals surface area contributed by atoms with Crippen LogP contribution in [0.15, 0.2) is 18.2 Å². The average molecular weight is 241 g/mol. The third kappa shape index (κ3) is 3.01. The third-order valence-corrected chi connectivity index (χ3v) is 3.25. The summed E-state index contributed by atoms with van der Waals surface area (Å²) in [6.45, 7) is 0. The minimum absolute atomic E-state index is 0.0283. The SMILES string of the molecule is COC(C(N)Cc1ccc(F)cc1F)C1CC1. The fraction of sp³-hybridized carbons (Fsp3) is 0.538. The number of nitrogens with two attached hydrogens (primary N) is 1. The first kappa shape index (κ1) is 12.5. The molecule has 0 aliphatic heterocycles. The molecule has 94 valence electrons. The summed E-state index contributed by atoms with van der Waals surface area (Å²) in [6.07, 6.45) is 2.59. The van der Waals surface area contributed by atoms with Crippen molar-refractivity contribution in [2.45, 2.75) is 31.4 Å². The zero-order chi connectivity index (χ0) is 12.4. The molecule has 2 rings (SSSR count). The molecule has 0 bridgehead atoms. The lowest BCUT2D eigenvalue weighted by Gasteiger charge is -2.22. The molecule has 0 aromatic heterocycles. The van der Waals surface area contributed by atoms with Crippen LogP contribution in [-0.4, -0.2) is 19.3 Å². The number of ether oxygens (including phenoxy) is 1. The quantitative estimate of drug-likeness (QED) is 0.858. The van der Waals surface area contributed by atoms with E-state index in [4.69, 9.17) is 10.5 Å². The summed E-state index contributed by atoms with van der Waals surface area (Å²) in [7, 11) is 1.63. The molecule has 2 nitrogen and oxygen atoms in total. The predicted molar refractivity (Wildman–Crippen MR) is 61.6 cm³/mol. The van der Waals surface area contributed by atoms with Gasteiger partial charge in [0.25, 0.3) is 0 Å². The lowest BCUT2D eigenvalue weighted by molar-refractivity contribution is 0.0624. The van der Waals surface area contributed by atoms with Gasteiger partial charge in [0, 0.05) is 19.2 Å². The molecule has 0 saturated heterocycles. The van der Waals surface area contributed by atoms with Crippen molar-refractivity contribution in [3.05, 3.63) is 35.4 Å². The molecule has 1 aromatic carbocycles. The van der Waals surface area contributed by atoms with Gasteiger partial charge in [-0.25, -0.2) is 8.78 Å². The van der Waals surface area contributed by atoms with Crippen molar-refractivity contribution in [1.82, 2.24) is 0 Å². The molecule has 0 spiro atoms. The minimum Gasteiger partial charge on any atom is -0.380 e. The van der Waals surface area contributed by atoms with Gasteiger partial charge >= 0.3 is 0 Å². The fourth-order valence-electron chi connectivity index (χ4n) is 2.20. The molecule has 17 heavy (non-hydrogen) atoms. The zero-order valence-electron chi connectivity index (χ0n) is 9.83. The topological polar surface area (TPSA) is 35.2 Å². The number of benzene rings is 1. The molecule has 2 N–H and O–H groups in total. The highest BCUT2D eigenvalue weighted by Gasteiger charge is 2.35. The van der Waals surface area contributed by atoms with Crippen molar-refractivity contribution >= 4 is 0 Å². The largest absolute Gasteiger partial charge is 0.380 e. The van der Waals surface area contributed by atoms with E-state index in [9.17, 15) is 8.78 Å². The van der Waals surface area contributed by atoms with Gasteiger partial charge in [-0.05, 0) is 36.8 Å². The van der Waals surface area contributed by atoms with Crippen LogP contribution >= 0.6 is 0 Å². The highest BCUT2D eigenvalue weighted by Crippen LogP contribution is 2.35. The van der Waals surface area contributed by atoms with Gasteiger partial charge in [-0.1, -0.05) is 6.07 Å². The van der Waals surface area contributed by atoms with E-state index in [1.165, 1.54) is 12.1 Å². The zero-order valence-corrected chi connectivity index (χ0v) is 9.83. The standard InChI is InChI=1S/C13H17F2NO/c1-17-13(8-2-3-8)12(16)6-9-4-5-10(14)7-11(9)15/h4-5,7-8,12-13H,2-3,6,16H2,1H3. The Hall–Kier alpha value is -1.00. The Kier molecular flexibility index (Phi) is 3.74. The number of methoxy groups -OCH3 is 1. The molecular weight excluding hydrogens is 224 g/mol. The van der Waals surface area contributed by atoms with Crippen LogP contribution in [0.3, 0.4) is 0 Å². The summed E-state index contributed by atoms with van der Waals surface area (Å²) in [5.74, 6) is -0.602. The second-order valence-corrected chi connectivity index (χ2v) is 4.64. The van der Waals surface area contributed by atoms with Crippen molar-refractivity contribution in [3.63, 3.8) is 0 Å². The molecule has 0 amide bonds. The second-order valence-electron chi connectivity index (χ2n) is 4.64. The Balaban J connectivity index is 2.03. The molecule has 1 aliphatic rings. The van der Waals surface area contributed by atoms with Crippen molar-refractivity contribution in [2.24, 2.45) is 11.7 Å².